The third-order valence-corrected chi connectivity index (χ3v) is 3.23. The molecule has 19 heavy (non-hydrogen) atoms. The molecule has 0 unspecified atom stereocenters. The first-order chi connectivity index (χ1) is 9.06. The minimum absolute atomic E-state index is 0.0308. The van der Waals surface area contributed by atoms with Gasteiger partial charge in [-0.1, -0.05) is 44.7 Å². The van der Waals surface area contributed by atoms with E-state index < -0.39 is 0 Å². The quantitative estimate of drug-likeness (QED) is 0.401. The van der Waals surface area contributed by atoms with Crippen molar-refractivity contribution in [3.05, 3.63) is 47.5 Å². The molecule has 0 aromatic heterocycles. The zero-order chi connectivity index (χ0) is 14.3. The van der Waals surface area contributed by atoms with Crippen LogP contribution in [-0.2, 0) is 11.2 Å². The van der Waals surface area contributed by atoms with Crippen molar-refractivity contribution in [3.8, 4) is 0 Å². The molecular weight excluding hydrogens is 236 g/mol. The maximum Gasteiger partial charge on any atom is 0.160 e. The molecule has 0 aliphatic heterocycles. The van der Waals surface area contributed by atoms with Crippen LogP contribution >= 0.6 is 0 Å². The Kier molecular flexibility index (Phi) is 6.20. The zero-order valence-electron chi connectivity index (χ0n) is 11.8. The largest absolute Gasteiger partial charge is 0.298 e. The highest BCUT2D eigenvalue weighted by atomic mass is 16.1. The molecule has 0 bridgehead atoms. The molecule has 0 atom stereocenters. The Labute approximate surface area is 115 Å². The normalized spacial score (nSPS) is 10.5. The van der Waals surface area contributed by atoms with Crippen molar-refractivity contribution in [1.29, 1.82) is 0 Å². The third kappa shape index (κ3) is 4.82. The van der Waals surface area contributed by atoms with Gasteiger partial charge in [-0.3, -0.25) is 9.59 Å². The number of rotatable bonds is 8. The van der Waals surface area contributed by atoms with Gasteiger partial charge in [0, 0.05) is 11.5 Å². The Bertz CT molecular complexity index is 458. The first-order valence-electron chi connectivity index (χ1n) is 6.81. The first-order valence-corrected chi connectivity index (χ1v) is 6.81. The molecule has 2 nitrogen and oxygen atoms in total. The minimum atomic E-state index is 0.0308. The number of hydrogen-bond donors (Lipinski definition) is 0. The van der Waals surface area contributed by atoms with Crippen LogP contribution in [0.1, 0.15) is 49.0 Å². The van der Waals surface area contributed by atoms with Crippen LogP contribution in [-0.4, -0.2) is 12.1 Å². The summed E-state index contributed by atoms with van der Waals surface area (Å²) in [5, 5.41) is 0. The summed E-state index contributed by atoms with van der Waals surface area (Å²) in [6, 6.07) is 7.64. The molecule has 0 aliphatic rings. The van der Waals surface area contributed by atoms with Crippen LogP contribution < -0.4 is 0 Å². The van der Waals surface area contributed by atoms with E-state index in [1.165, 1.54) is 0 Å². The minimum Gasteiger partial charge on any atom is -0.298 e. The predicted octanol–water partition coefficient (Wildman–Crippen LogP) is 3.99. The van der Waals surface area contributed by atoms with Gasteiger partial charge in [0.15, 0.2) is 5.78 Å². The summed E-state index contributed by atoms with van der Waals surface area (Å²) in [5.41, 5.74) is 2.57. The van der Waals surface area contributed by atoms with Gasteiger partial charge in [0.1, 0.15) is 6.29 Å². The summed E-state index contributed by atoms with van der Waals surface area (Å²) < 4.78 is 0. The van der Waals surface area contributed by atoms with E-state index in [0.717, 1.165) is 48.7 Å². The summed E-state index contributed by atoms with van der Waals surface area (Å²) in [6.07, 6.45) is 4.43. The van der Waals surface area contributed by atoms with Gasteiger partial charge in [-0.25, -0.2) is 0 Å². The standard InChI is InChI=1S/C17H22O2/c1-13(2)17(19)14(3)8-4-5-9-15-10-6-7-11-16(15)12-18/h6-7,10-13H,3-5,8-9H2,1-2H3. The van der Waals surface area contributed by atoms with Gasteiger partial charge in [0.2, 0.25) is 0 Å². The van der Waals surface area contributed by atoms with Crippen LogP contribution in [0.3, 0.4) is 0 Å². The number of hydrogen-bond acceptors (Lipinski definition) is 2. The monoisotopic (exact) mass is 258 g/mol. The summed E-state index contributed by atoms with van der Waals surface area (Å²) in [7, 11) is 0. The van der Waals surface area contributed by atoms with E-state index in [9.17, 15) is 9.59 Å². The van der Waals surface area contributed by atoms with E-state index in [1.54, 1.807) is 0 Å². The molecule has 0 aliphatic carbocycles. The van der Waals surface area contributed by atoms with E-state index in [1.807, 2.05) is 38.1 Å². The van der Waals surface area contributed by atoms with Crippen molar-refractivity contribution >= 4 is 12.1 Å². The lowest BCUT2D eigenvalue weighted by Gasteiger charge is -2.08. The third-order valence-electron chi connectivity index (χ3n) is 3.23. The number of unbranched alkanes of at least 4 members (excludes halogenated alkanes) is 1. The second kappa shape index (κ2) is 7.67. The van der Waals surface area contributed by atoms with Crippen LogP contribution in [0.15, 0.2) is 36.4 Å². The van der Waals surface area contributed by atoms with Crippen LogP contribution in [0.2, 0.25) is 0 Å². The van der Waals surface area contributed by atoms with E-state index in [-0.39, 0.29) is 11.7 Å². The Balaban J connectivity index is 2.37. The maximum atomic E-state index is 11.7. The fourth-order valence-corrected chi connectivity index (χ4v) is 2.06. The molecule has 102 valence electrons. The van der Waals surface area contributed by atoms with E-state index in [2.05, 4.69) is 6.58 Å². The summed E-state index contributed by atoms with van der Waals surface area (Å²) in [4.78, 5) is 22.5. The van der Waals surface area contributed by atoms with Crippen molar-refractivity contribution in [1.82, 2.24) is 0 Å². The van der Waals surface area contributed by atoms with Crippen molar-refractivity contribution in [2.24, 2.45) is 5.92 Å². The molecule has 0 spiro atoms. The highest BCUT2D eigenvalue weighted by Crippen LogP contribution is 2.15. The number of carbonyl (C=O) groups is 2. The highest BCUT2D eigenvalue weighted by Gasteiger charge is 2.10. The Hall–Kier alpha value is -1.70. The van der Waals surface area contributed by atoms with Crippen molar-refractivity contribution in [2.75, 3.05) is 0 Å². The Morgan fingerprint density at radius 3 is 2.58 bits per heavy atom. The predicted molar refractivity (Wildman–Crippen MR) is 78.4 cm³/mol. The van der Waals surface area contributed by atoms with Gasteiger partial charge in [0.25, 0.3) is 0 Å². The van der Waals surface area contributed by atoms with Gasteiger partial charge in [-0.2, -0.15) is 0 Å². The molecule has 0 saturated carbocycles. The fourth-order valence-electron chi connectivity index (χ4n) is 2.06. The number of aldehydes is 1. The van der Waals surface area contributed by atoms with Crippen molar-refractivity contribution in [3.63, 3.8) is 0 Å². The molecule has 1 rings (SSSR count). The number of carbonyl (C=O) groups excluding carboxylic acids is 2. The Morgan fingerprint density at radius 1 is 1.26 bits per heavy atom. The van der Waals surface area contributed by atoms with Gasteiger partial charge < -0.3 is 0 Å². The van der Waals surface area contributed by atoms with E-state index >= 15 is 0 Å². The number of aryl methyl sites for hydroxylation is 1. The molecule has 0 radical (unpaired) electrons. The molecule has 0 N–H and O–H groups in total. The highest BCUT2D eigenvalue weighted by molar-refractivity contribution is 5.96. The van der Waals surface area contributed by atoms with Crippen LogP contribution in [0.4, 0.5) is 0 Å². The molecule has 0 amide bonds. The van der Waals surface area contributed by atoms with Crippen molar-refractivity contribution in [2.45, 2.75) is 39.5 Å². The fraction of sp³-hybridized carbons (Fsp3) is 0.412. The summed E-state index contributed by atoms with van der Waals surface area (Å²) in [5.74, 6) is 0.191. The molecule has 1 aromatic rings. The van der Waals surface area contributed by atoms with Gasteiger partial charge in [-0.15, -0.1) is 0 Å². The lowest BCUT2D eigenvalue weighted by atomic mass is 9.96. The SMILES string of the molecule is C=C(CCCCc1ccccc1C=O)C(=O)C(C)C. The summed E-state index contributed by atoms with van der Waals surface area (Å²) in [6.45, 7) is 7.64. The van der Waals surface area contributed by atoms with Gasteiger partial charge in [0.05, 0.1) is 0 Å². The second-order valence-corrected chi connectivity index (χ2v) is 5.15. The van der Waals surface area contributed by atoms with E-state index in [4.69, 9.17) is 0 Å². The van der Waals surface area contributed by atoms with Gasteiger partial charge >= 0.3 is 0 Å². The molecule has 0 saturated heterocycles. The number of Topliss-reactive ketones (excluding diaryl/α,β-unsaturated/α-hetero) is 1. The number of benzene rings is 1. The second-order valence-electron chi connectivity index (χ2n) is 5.15. The molecular formula is C17H22O2. The van der Waals surface area contributed by atoms with E-state index in [0.29, 0.717) is 0 Å². The van der Waals surface area contributed by atoms with Crippen LogP contribution in [0.5, 0.6) is 0 Å². The average molecular weight is 258 g/mol. The lowest BCUT2D eigenvalue weighted by molar-refractivity contribution is -0.118. The molecule has 1 aromatic carbocycles. The van der Waals surface area contributed by atoms with Gasteiger partial charge in [-0.05, 0) is 36.8 Å². The average Bonchev–Trinajstić information content (AvgIpc) is 2.42. The first kappa shape index (κ1) is 15.4. The number of ketones is 1. The maximum absolute atomic E-state index is 11.7. The summed E-state index contributed by atoms with van der Waals surface area (Å²) >= 11 is 0. The Morgan fingerprint density at radius 2 is 1.95 bits per heavy atom. The topological polar surface area (TPSA) is 34.1 Å². The van der Waals surface area contributed by atoms with Crippen LogP contribution in [0, 0.1) is 5.92 Å². The molecule has 0 heterocycles. The van der Waals surface area contributed by atoms with Crippen molar-refractivity contribution < 1.29 is 9.59 Å². The lowest BCUT2D eigenvalue weighted by Crippen LogP contribution is -2.09. The number of allylic oxidation sites excluding steroid dienone is 1. The molecule has 2 heteroatoms. The smallest absolute Gasteiger partial charge is 0.160 e. The zero-order valence-corrected chi connectivity index (χ0v) is 11.8. The van der Waals surface area contributed by atoms with Crippen LogP contribution in [0.25, 0.3) is 0 Å². The molecule has 0 fully saturated rings.